The van der Waals surface area contributed by atoms with Crippen LogP contribution in [0.1, 0.15) is 6.42 Å². The number of anilines is 1. The van der Waals surface area contributed by atoms with E-state index in [0.29, 0.717) is 30.2 Å². The number of carbonyl (C=O) groups excluding carboxylic acids is 2. The summed E-state index contributed by atoms with van der Waals surface area (Å²) < 4.78 is 0. The van der Waals surface area contributed by atoms with Gasteiger partial charge < -0.3 is 16.0 Å². The summed E-state index contributed by atoms with van der Waals surface area (Å²) in [5.74, 6) is -0.170. The Bertz CT molecular complexity index is 758. The molecule has 1 heterocycles. The largest absolute Gasteiger partial charge is 0.370 e. The van der Waals surface area contributed by atoms with E-state index in [0.717, 1.165) is 11.1 Å². The first-order valence-corrected chi connectivity index (χ1v) is 8.10. The summed E-state index contributed by atoms with van der Waals surface area (Å²) in [7, 11) is 0. The molecule has 1 fully saturated rings. The van der Waals surface area contributed by atoms with E-state index in [1.807, 2.05) is 36.4 Å². The molecule has 0 atom stereocenters. The Hall–Kier alpha value is -2.53. The SMILES string of the molecule is NC(=O)CC1CN(C(=O)Nc2ccc(Cl)cc2-c2ccccc2)C1. The molecule has 1 aliphatic rings. The standard InChI is InChI=1S/C18H18ClN3O2/c19-14-6-7-16(15(9-14)13-4-2-1-3-5-13)21-18(24)22-10-12(11-22)8-17(20)23/h1-7,9,12H,8,10-11H2,(H2,20,23)(H,21,24). The number of benzene rings is 2. The molecule has 1 saturated heterocycles. The zero-order chi connectivity index (χ0) is 17.1. The van der Waals surface area contributed by atoms with Gasteiger partial charge in [0.25, 0.3) is 0 Å². The van der Waals surface area contributed by atoms with Gasteiger partial charge in [0, 0.05) is 36.0 Å². The summed E-state index contributed by atoms with van der Waals surface area (Å²) in [5.41, 5.74) is 7.72. The van der Waals surface area contributed by atoms with Gasteiger partial charge in [-0.05, 0) is 23.8 Å². The van der Waals surface area contributed by atoms with Gasteiger partial charge in [0.05, 0.1) is 5.69 Å². The van der Waals surface area contributed by atoms with Crippen molar-refractivity contribution in [1.82, 2.24) is 4.90 Å². The van der Waals surface area contributed by atoms with Gasteiger partial charge in [0.15, 0.2) is 0 Å². The molecule has 0 bridgehead atoms. The number of primary amides is 1. The van der Waals surface area contributed by atoms with Crippen LogP contribution in [0.3, 0.4) is 0 Å². The zero-order valence-electron chi connectivity index (χ0n) is 13.0. The predicted octanol–water partition coefficient (Wildman–Crippen LogP) is 3.35. The number of carbonyl (C=O) groups is 2. The zero-order valence-corrected chi connectivity index (χ0v) is 13.8. The maximum absolute atomic E-state index is 12.4. The lowest BCUT2D eigenvalue weighted by atomic mass is 9.96. The third kappa shape index (κ3) is 3.68. The highest BCUT2D eigenvalue weighted by atomic mass is 35.5. The molecule has 3 amide bonds. The summed E-state index contributed by atoms with van der Waals surface area (Å²) in [6.45, 7) is 1.09. The first kappa shape index (κ1) is 16.3. The van der Waals surface area contributed by atoms with Crippen molar-refractivity contribution < 1.29 is 9.59 Å². The summed E-state index contributed by atoms with van der Waals surface area (Å²) in [4.78, 5) is 24.9. The highest BCUT2D eigenvalue weighted by molar-refractivity contribution is 6.31. The molecule has 0 aliphatic carbocycles. The van der Waals surface area contributed by atoms with Crippen molar-refractivity contribution in [3.63, 3.8) is 0 Å². The summed E-state index contributed by atoms with van der Waals surface area (Å²) >= 11 is 6.10. The van der Waals surface area contributed by atoms with E-state index < -0.39 is 0 Å². The fraction of sp³-hybridized carbons (Fsp3) is 0.222. The van der Waals surface area contributed by atoms with E-state index in [1.165, 1.54) is 0 Å². The molecule has 0 saturated carbocycles. The normalized spacial score (nSPS) is 14.1. The van der Waals surface area contributed by atoms with Crippen LogP contribution in [0.2, 0.25) is 5.02 Å². The number of hydrogen-bond acceptors (Lipinski definition) is 2. The fourth-order valence-corrected chi connectivity index (χ4v) is 3.00. The Morgan fingerprint density at radius 1 is 1.17 bits per heavy atom. The topological polar surface area (TPSA) is 75.4 Å². The number of rotatable bonds is 4. The van der Waals surface area contributed by atoms with Gasteiger partial charge in [-0.25, -0.2) is 4.79 Å². The molecule has 2 aromatic carbocycles. The molecule has 0 spiro atoms. The Labute approximate surface area is 145 Å². The van der Waals surface area contributed by atoms with E-state index in [-0.39, 0.29) is 17.9 Å². The van der Waals surface area contributed by atoms with Crippen LogP contribution in [0.25, 0.3) is 11.1 Å². The Morgan fingerprint density at radius 3 is 2.54 bits per heavy atom. The molecular weight excluding hydrogens is 326 g/mol. The average molecular weight is 344 g/mol. The third-order valence-electron chi connectivity index (χ3n) is 4.04. The number of likely N-dealkylation sites (tertiary alicyclic amines) is 1. The molecule has 0 radical (unpaired) electrons. The number of nitrogens with zero attached hydrogens (tertiary/aromatic N) is 1. The number of nitrogens with one attached hydrogen (secondary N) is 1. The molecule has 2 aromatic rings. The lowest BCUT2D eigenvalue weighted by molar-refractivity contribution is -0.119. The highest BCUT2D eigenvalue weighted by Gasteiger charge is 2.31. The second kappa shape index (κ2) is 6.93. The van der Waals surface area contributed by atoms with Gasteiger partial charge in [-0.15, -0.1) is 0 Å². The molecule has 6 heteroatoms. The minimum Gasteiger partial charge on any atom is -0.370 e. The van der Waals surface area contributed by atoms with Gasteiger partial charge in [0.1, 0.15) is 0 Å². The second-order valence-corrected chi connectivity index (χ2v) is 6.36. The predicted molar refractivity (Wildman–Crippen MR) is 94.8 cm³/mol. The Morgan fingerprint density at radius 2 is 1.88 bits per heavy atom. The summed E-state index contributed by atoms with van der Waals surface area (Å²) in [6, 6.07) is 14.9. The first-order chi connectivity index (χ1) is 11.5. The number of hydrogen-bond donors (Lipinski definition) is 2. The molecule has 124 valence electrons. The van der Waals surface area contributed by atoms with Crippen molar-refractivity contribution in [2.75, 3.05) is 18.4 Å². The number of amides is 3. The molecule has 0 aromatic heterocycles. The minimum absolute atomic E-state index is 0.159. The number of halogens is 1. The van der Waals surface area contributed by atoms with Gasteiger partial charge in [-0.1, -0.05) is 41.9 Å². The Kier molecular flexibility index (Phi) is 4.71. The van der Waals surface area contributed by atoms with Crippen LogP contribution in [-0.4, -0.2) is 29.9 Å². The minimum atomic E-state index is -0.330. The van der Waals surface area contributed by atoms with Crippen molar-refractivity contribution in [2.45, 2.75) is 6.42 Å². The monoisotopic (exact) mass is 343 g/mol. The maximum Gasteiger partial charge on any atom is 0.321 e. The van der Waals surface area contributed by atoms with Gasteiger partial charge in [0.2, 0.25) is 5.91 Å². The van der Waals surface area contributed by atoms with Crippen molar-refractivity contribution >= 4 is 29.2 Å². The van der Waals surface area contributed by atoms with E-state index in [4.69, 9.17) is 17.3 Å². The molecule has 3 N–H and O–H groups in total. The third-order valence-corrected chi connectivity index (χ3v) is 4.28. The number of nitrogens with two attached hydrogens (primary N) is 1. The van der Waals surface area contributed by atoms with E-state index >= 15 is 0 Å². The quantitative estimate of drug-likeness (QED) is 0.893. The second-order valence-electron chi connectivity index (χ2n) is 5.93. The van der Waals surface area contributed by atoms with E-state index in [2.05, 4.69) is 5.32 Å². The summed E-state index contributed by atoms with van der Waals surface area (Å²) in [5, 5.41) is 3.53. The van der Waals surface area contributed by atoms with Crippen LogP contribution in [0.15, 0.2) is 48.5 Å². The average Bonchev–Trinajstić information content (AvgIpc) is 2.52. The van der Waals surface area contributed by atoms with Crippen molar-refractivity contribution in [3.05, 3.63) is 53.6 Å². The van der Waals surface area contributed by atoms with Crippen molar-refractivity contribution in [2.24, 2.45) is 11.7 Å². The van der Waals surface area contributed by atoms with Crippen molar-refractivity contribution in [3.8, 4) is 11.1 Å². The van der Waals surface area contributed by atoms with Crippen LogP contribution in [0, 0.1) is 5.92 Å². The molecule has 3 rings (SSSR count). The van der Waals surface area contributed by atoms with E-state index in [9.17, 15) is 9.59 Å². The van der Waals surface area contributed by atoms with Crippen molar-refractivity contribution in [1.29, 1.82) is 0 Å². The lowest BCUT2D eigenvalue weighted by Gasteiger charge is -2.38. The van der Waals surface area contributed by atoms with Crippen LogP contribution >= 0.6 is 11.6 Å². The van der Waals surface area contributed by atoms with Crippen LogP contribution in [-0.2, 0) is 4.79 Å². The first-order valence-electron chi connectivity index (χ1n) is 7.72. The molecule has 1 aliphatic heterocycles. The van der Waals surface area contributed by atoms with Crippen LogP contribution in [0.4, 0.5) is 10.5 Å². The highest BCUT2D eigenvalue weighted by Crippen LogP contribution is 2.31. The van der Waals surface area contributed by atoms with Gasteiger partial charge in [-0.3, -0.25) is 4.79 Å². The molecule has 5 nitrogen and oxygen atoms in total. The van der Waals surface area contributed by atoms with Crippen LogP contribution < -0.4 is 11.1 Å². The van der Waals surface area contributed by atoms with Gasteiger partial charge in [-0.2, -0.15) is 0 Å². The fourth-order valence-electron chi connectivity index (χ4n) is 2.83. The lowest BCUT2D eigenvalue weighted by Crippen LogP contribution is -2.52. The Balaban J connectivity index is 1.72. The molecular formula is C18H18ClN3O2. The van der Waals surface area contributed by atoms with E-state index in [1.54, 1.807) is 17.0 Å². The van der Waals surface area contributed by atoms with Crippen LogP contribution in [0.5, 0.6) is 0 Å². The van der Waals surface area contributed by atoms with Gasteiger partial charge >= 0.3 is 6.03 Å². The molecule has 24 heavy (non-hydrogen) atoms. The maximum atomic E-state index is 12.4. The summed E-state index contributed by atoms with van der Waals surface area (Å²) in [6.07, 6.45) is 0.319. The smallest absolute Gasteiger partial charge is 0.321 e. The molecule has 0 unspecified atom stereocenters. The number of urea groups is 1.